The zero-order valence-electron chi connectivity index (χ0n) is 10.3. The average Bonchev–Trinajstić information content (AvgIpc) is 2.41. The minimum Gasteiger partial charge on any atom is -0.379 e. The zero-order chi connectivity index (χ0) is 11.4. The van der Waals surface area contributed by atoms with Crippen molar-refractivity contribution in [1.29, 1.82) is 0 Å². The Bertz CT molecular complexity index is 214. The number of carbonyl (C=O) groups is 1. The van der Waals surface area contributed by atoms with Crippen molar-refractivity contribution in [2.45, 2.75) is 33.7 Å². The maximum Gasteiger partial charge on any atom is 0.142 e. The third kappa shape index (κ3) is 3.58. The van der Waals surface area contributed by atoms with Crippen LogP contribution in [-0.4, -0.2) is 43.0 Å². The lowest BCUT2D eigenvalue weighted by Gasteiger charge is -2.26. The number of rotatable bonds is 3. The van der Waals surface area contributed by atoms with Gasteiger partial charge in [0.05, 0.1) is 19.1 Å². The minimum absolute atomic E-state index is 0.0647. The molecule has 1 heterocycles. The molecule has 0 radical (unpaired) electrons. The first-order valence-electron chi connectivity index (χ1n) is 5.88. The second-order valence-electron chi connectivity index (χ2n) is 4.92. The van der Waals surface area contributed by atoms with Gasteiger partial charge in [-0.2, -0.15) is 0 Å². The van der Waals surface area contributed by atoms with E-state index in [9.17, 15) is 4.79 Å². The number of ketones is 1. The lowest BCUT2D eigenvalue weighted by Crippen LogP contribution is -2.39. The Hall–Kier alpha value is -0.410. The summed E-state index contributed by atoms with van der Waals surface area (Å²) in [4.78, 5) is 14.2. The normalized spacial score (nSPS) is 24.5. The zero-order valence-corrected chi connectivity index (χ0v) is 10.3. The topological polar surface area (TPSA) is 29.5 Å². The molecular formula is C12H23NO2. The Morgan fingerprint density at radius 2 is 2.00 bits per heavy atom. The molecule has 1 fully saturated rings. The van der Waals surface area contributed by atoms with Crippen LogP contribution in [0.25, 0.3) is 0 Å². The van der Waals surface area contributed by atoms with Gasteiger partial charge in [0, 0.05) is 25.0 Å². The van der Waals surface area contributed by atoms with Gasteiger partial charge in [0.1, 0.15) is 5.78 Å². The fourth-order valence-electron chi connectivity index (χ4n) is 1.95. The van der Waals surface area contributed by atoms with Crippen LogP contribution in [0.2, 0.25) is 0 Å². The third-order valence-corrected chi connectivity index (χ3v) is 3.00. The number of nitrogens with zero attached hydrogens (tertiary/aromatic N) is 1. The number of hydrogen-bond donors (Lipinski definition) is 0. The standard InChI is InChI=1S/C12H23NO2/c1-9(2)12(14)11-7-13(10(3)4)5-6-15-8-11/h9-11H,5-8H2,1-4H3. The summed E-state index contributed by atoms with van der Waals surface area (Å²) in [5.41, 5.74) is 0. The third-order valence-electron chi connectivity index (χ3n) is 3.00. The molecule has 0 aromatic rings. The highest BCUT2D eigenvalue weighted by Gasteiger charge is 2.27. The van der Waals surface area contributed by atoms with E-state index < -0.39 is 0 Å². The molecule has 3 nitrogen and oxygen atoms in total. The van der Waals surface area contributed by atoms with Crippen molar-refractivity contribution in [3.63, 3.8) is 0 Å². The number of carbonyl (C=O) groups excluding carboxylic acids is 1. The summed E-state index contributed by atoms with van der Waals surface area (Å²) in [6.45, 7) is 11.4. The summed E-state index contributed by atoms with van der Waals surface area (Å²) < 4.78 is 5.50. The molecule has 0 bridgehead atoms. The van der Waals surface area contributed by atoms with Crippen molar-refractivity contribution in [3.8, 4) is 0 Å². The highest BCUT2D eigenvalue weighted by Crippen LogP contribution is 2.14. The molecule has 0 N–H and O–H groups in total. The lowest BCUT2D eigenvalue weighted by atomic mass is 9.95. The Morgan fingerprint density at radius 1 is 1.33 bits per heavy atom. The van der Waals surface area contributed by atoms with Crippen LogP contribution in [0.1, 0.15) is 27.7 Å². The van der Waals surface area contributed by atoms with Gasteiger partial charge in [0.25, 0.3) is 0 Å². The molecule has 1 aliphatic rings. The molecule has 0 spiro atoms. The first-order valence-corrected chi connectivity index (χ1v) is 5.88. The maximum absolute atomic E-state index is 11.9. The van der Waals surface area contributed by atoms with E-state index in [1.54, 1.807) is 0 Å². The largest absolute Gasteiger partial charge is 0.379 e. The molecular weight excluding hydrogens is 190 g/mol. The van der Waals surface area contributed by atoms with E-state index in [0.717, 1.165) is 19.7 Å². The summed E-state index contributed by atoms with van der Waals surface area (Å²) in [7, 11) is 0. The molecule has 88 valence electrons. The predicted molar refractivity (Wildman–Crippen MR) is 60.9 cm³/mol. The first-order chi connectivity index (χ1) is 7.02. The molecule has 15 heavy (non-hydrogen) atoms. The molecule has 0 aromatic heterocycles. The van der Waals surface area contributed by atoms with Gasteiger partial charge in [0.2, 0.25) is 0 Å². The van der Waals surface area contributed by atoms with Gasteiger partial charge in [-0.25, -0.2) is 0 Å². The van der Waals surface area contributed by atoms with E-state index in [4.69, 9.17) is 4.74 Å². The average molecular weight is 213 g/mol. The second-order valence-corrected chi connectivity index (χ2v) is 4.92. The van der Waals surface area contributed by atoms with Gasteiger partial charge in [-0.05, 0) is 13.8 Å². The van der Waals surface area contributed by atoms with Crippen LogP contribution >= 0.6 is 0 Å². The molecule has 0 saturated carbocycles. The number of ether oxygens (including phenoxy) is 1. The predicted octanol–water partition coefficient (Wildman–Crippen LogP) is 1.57. The van der Waals surface area contributed by atoms with E-state index in [0.29, 0.717) is 18.4 Å². The van der Waals surface area contributed by atoms with E-state index in [1.807, 2.05) is 13.8 Å². The maximum atomic E-state index is 11.9. The fraction of sp³-hybridized carbons (Fsp3) is 0.917. The van der Waals surface area contributed by atoms with E-state index >= 15 is 0 Å². The van der Waals surface area contributed by atoms with Gasteiger partial charge in [-0.1, -0.05) is 13.8 Å². The number of Topliss-reactive ketones (excluding diaryl/α,β-unsaturated/α-hetero) is 1. The number of hydrogen-bond acceptors (Lipinski definition) is 3. The molecule has 0 amide bonds. The fourth-order valence-corrected chi connectivity index (χ4v) is 1.95. The summed E-state index contributed by atoms with van der Waals surface area (Å²) in [6.07, 6.45) is 0. The van der Waals surface area contributed by atoms with Crippen LogP contribution in [0.15, 0.2) is 0 Å². The summed E-state index contributed by atoms with van der Waals surface area (Å²) in [5, 5.41) is 0. The lowest BCUT2D eigenvalue weighted by molar-refractivity contribution is -0.127. The molecule has 0 aliphatic carbocycles. The van der Waals surface area contributed by atoms with Crippen molar-refractivity contribution in [2.24, 2.45) is 11.8 Å². The second kappa shape index (κ2) is 5.61. The molecule has 1 saturated heterocycles. The smallest absolute Gasteiger partial charge is 0.142 e. The summed E-state index contributed by atoms with van der Waals surface area (Å²) >= 11 is 0. The van der Waals surface area contributed by atoms with Crippen molar-refractivity contribution >= 4 is 5.78 Å². The van der Waals surface area contributed by atoms with E-state index in [2.05, 4.69) is 18.7 Å². The molecule has 1 rings (SSSR count). The van der Waals surface area contributed by atoms with Gasteiger partial charge in [-0.3, -0.25) is 9.69 Å². The van der Waals surface area contributed by atoms with E-state index in [1.165, 1.54) is 0 Å². The Balaban J connectivity index is 2.60. The van der Waals surface area contributed by atoms with Gasteiger partial charge >= 0.3 is 0 Å². The first kappa shape index (κ1) is 12.7. The highest BCUT2D eigenvalue weighted by atomic mass is 16.5. The Kier molecular flexibility index (Phi) is 4.74. The Labute approximate surface area is 92.8 Å². The molecule has 1 atom stereocenters. The highest BCUT2D eigenvalue weighted by molar-refractivity contribution is 5.83. The molecule has 3 heteroatoms. The Morgan fingerprint density at radius 3 is 2.53 bits per heavy atom. The van der Waals surface area contributed by atoms with Crippen LogP contribution in [0, 0.1) is 11.8 Å². The van der Waals surface area contributed by atoms with Crippen molar-refractivity contribution < 1.29 is 9.53 Å². The quantitative estimate of drug-likeness (QED) is 0.712. The molecule has 0 aromatic carbocycles. The van der Waals surface area contributed by atoms with Gasteiger partial charge < -0.3 is 4.74 Å². The summed E-state index contributed by atoms with van der Waals surface area (Å²) in [6, 6.07) is 0.495. The van der Waals surface area contributed by atoms with Gasteiger partial charge in [-0.15, -0.1) is 0 Å². The SMILES string of the molecule is CC(C)C(=O)C1COCCN(C(C)C)C1. The van der Waals surface area contributed by atoms with Crippen LogP contribution in [0.3, 0.4) is 0 Å². The van der Waals surface area contributed by atoms with Crippen molar-refractivity contribution in [1.82, 2.24) is 4.90 Å². The summed E-state index contributed by atoms with van der Waals surface area (Å²) in [5.74, 6) is 0.517. The van der Waals surface area contributed by atoms with Crippen molar-refractivity contribution in [2.75, 3.05) is 26.3 Å². The van der Waals surface area contributed by atoms with E-state index in [-0.39, 0.29) is 11.8 Å². The molecule has 1 aliphatic heterocycles. The van der Waals surface area contributed by atoms with Crippen LogP contribution in [0.4, 0.5) is 0 Å². The van der Waals surface area contributed by atoms with Gasteiger partial charge in [0.15, 0.2) is 0 Å². The monoisotopic (exact) mass is 213 g/mol. The van der Waals surface area contributed by atoms with Crippen molar-refractivity contribution in [3.05, 3.63) is 0 Å². The van der Waals surface area contributed by atoms with Crippen LogP contribution in [0.5, 0.6) is 0 Å². The minimum atomic E-state index is 0.0647. The van der Waals surface area contributed by atoms with Crippen LogP contribution < -0.4 is 0 Å². The van der Waals surface area contributed by atoms with Crippen LogP contribution in [-0.2, 0) is 9.53 Å². The molecule has 1 unspecified atom stereocenters.